The number of hydrogen-bond acceptors (Lipinski definition) is 3. The van der Waals surface area contributed by atoms with Crippen molar-refractivity contribution in [2.45, 2.75) is 38.4 Å². The second-order valence-corrected chi connectivity index (χ2v) is 15.9. The summed E-state index contributed by atoms with van der Waals surface area (Å²) in [5.41, 5.74) is 7.22. The Morgan fingerprint density at radius 3 is 2.33 bits per heavy atom. The van der Waals surface area contributed by atoms with Crippen molar-refractivity contribution in [3.05, 3.63) is 115 Å². The van der Waals surface area contributed by atoms with Gasteiger partial charge in [-0.3, -0.25) is 0 Å². The van der Waals surface area contributed by atoms with Crippen LogP contribution in [0.2, 0.25) is 19.6 Å². The van der Waals surface area contributed by atoms with Crippen LogP contribution in [0.5, 0.6) is 0 Å². The van der Waals surface area contributed by atoms with Crippen LogP contribution in [0.25, 0.3) is 44.5 Å². The SMILES string of the molecule is C[Si](C)(C)c1cccc2oc3c(-c4ccccn4)[c-]ccc3c12.[Ir].[c-]1ccccc1-c1cc(C2CC2)ccn1. The smallest absolute Gasteiger partial charge is 0.120 e. The molecule has 0 unspecified atom stereocenters. The van der Waals surface area contributed by atoms with Crippen LogP contribution in [-0.4, -0.2) is 18.0 Å². The molecule has 3 heterocycles. The second kappa shape index (κ2) is 11.4. The Kier molecular flexibility index (Phi) is 7.95. The molecule has 1 aliphatic rings. The summed E-state index contributed by atoms with van der Waals surface area (Å²) in [5.74, 6) is 0.787. The topological polar surface area (TPSA) is 38.9 Å². The predicted molar refractivity (Wildman–Crippen MR) is 159 cm³/mol. The molecule has 0 saturated heterocycles. The zero-order valence-electron chi connectivity index (χ0n) is 22.4. The Hall–Kier alpha value is -3.37. The van der Waals surface area contributed by atoms with Crippen LogP contribution in [0, 0.1) is 12.1 Å². The average molecular weight is 703 g/mol. The molecule has 1 aliphatic carbocycles. The van der Waals surface area contributed by atoms with Crippen LogP contribution in [0.3, 0.4) is 0 Å². The second-order valence-electron chi connectivity index (χ2n) is 10.9. The molecule has 0 aliphatic heterocycles. The Morgan fingerprint density at radius 2 is 1.62 bits per heavy atom. The van der Waals surface area contributed by atoms with Gasteiger partial charge in [-0.05, 0) is 48.3 Å². The molecule has 1 saturated carbocycles. The fourth-order valence-electron chi connectivity index (χ4n) is 4.93. The van der Waals surface area contributed by atoms with E-state index in [1.165, 1.54) is 29.0 Å². The minimum absolute atomic E-state index is 0. The molecule has 39 heavy (non-hydrogen) atoms. The van der Waals surface area contributed by atoms with Gasteiger partial charge in [-0.2, -0.15) is 0 Å². The van der Waals surface area contributed by atoms with Crippen LogP contribution in [-0.2, 0) is 20.1 Å². The molecule has 5 heteroatoms. The summed E-state index contributed by atoms with van der Waals surface area (Å²) in [6, 6.07) is 35.2. The van der Waals surface area contributed by atoms with Crippen LogP contribution in [0.1, 0.15) is 24.3 Å². The van der Waals surface area contributed by atoms with Gasteiger partial charge in [0, 0.05) is 37.9 Å². The number of rotatable bonds is 4. The Morgan fingerprint density at radius 1 is 0.795 bits per heavy atom. The standard InChI is InChI=1S/C20H18NOSi.C14H12N.Ir/c1-23(2,3)18-12-7-11-17-19(18)15-9-6-8-14(20(15)22-17)16-10-4-5-13-21-16;1-2-4-12(5-3-1)14-10-13(8-9-15-14)11-6-7-11;/h4-7,9-13H,1-3H3;1-4,8-11H,6-7H2;/q2*-1;. The third-order valence-corrected chi connectivity index (χ3v) is 9.04. The Balaban J connectivity index is 0.000000167. The number of aromatic nitrogens is 2. The zero-order valence-corrected chi connectivity index (χ0v) is 25.8. The van der Waals surface area contributed by atoms with Crippen molar-refractivity contribution in [1.82, 2.24) is 9.97 Å². The third-order valence-electron chi connectivity index (χ3n) is 7.00. The molecule has 3 nitrogen and oxygen atoms in total. The molecular weight excluding hydrogens is 673 g/mol. The number of pyridine rings is 2. The van der Waals surface area contributed by atoms with E-state index in [9.17, 15) is 0 Å². The van der Waals surface area contributed by atoms with Crippen molar-refractivity contribution in [2.75, 3.05) is 0 Å². The largest absolute Gasteiger partial charge is 0.501 e. The first-order valence-corrected chi connectivity index (χ1v) is 16.7. The Bertz CT molecular complexity index is 1700. The van der Waals surface area contributed by atoms with Gasteiger partial charge in [-0.15, -0.1) is 54.1 Å². The van der Waals surface area contributed by atoms with Crippen molar-refractivity contribution >= 4 is 35.2 Å². The zero-order chi connectivity index (χ0) is 26.1. The van der Waals surface area contributed by atoms with Gasteiger partial charge < -0.3 is 14.4 Å². The summed E-state index contributed by atoms with van der Waals surface area (Å²) in [4.78, 5) is 8.85. The van der Waals surface area contributed by atoms with Gasteiger partial charge in [-0.25, -0.2) is 0 Å². The first kappa shape index (κ1) is 27.2. The molecule has 0 bridgehead atoms. The van der Waals surface area contributed by atoms with Crippen LogP contribution < -0.4 is 5.19 Å². The van der Waals surface area contributed by atoms with E-state index >= 15 is 0 Å². The normalized spacial score (nSPS) is 13.0. The van der Waals surface area contributed by atoms with Crippen molar-refractivity contribution in [3.8, 4) is 22.5 Å². The molecule has 0 amide bonds. The molecule has 7 rings (SSSR count). The fraction of sp³-hybridized carbons (Fsp3) is 0.176. The van der Waals surface area contributed by atoms with Crippen molar-refractivity contribution in [2.24, 2.45) is 0 Å². The van der Waals surface area contributed by atoms with Gasteiger partial charge in [0.05, 0.1) is 13.7 Å². The maximum Gasteiger partial charge on any atom is 0.120 e. The number of furan rings is 1. The van der Waals surface area contributed by atoms with Crippen molar-refractivity contribution in [1.29, 1.82) is 0 Å². The van der Waals surface area contributed by atoms with E-state index in [2.05, 4.69) is 84.2 Å². The maximum atomic E-state index is 6.22. The van der Waals surface area contributed by atoms with E-state index in [0.29, 0.717) is 0 Å². The quantitative estimate of drug-likeness (QED) is 0.137. The van der Waals surface area contributed by atoms with Crippen molar-refractivity contribution < 1.29 is 24.5 Å². The average Bonchev–Trinajstić information content (AvgIpc) is 3.74. The van der Waals surface area contributed by atoms with E-state index in [-0.39, 0.29) is 20.1 Å². The number of benzene rings is 3. The third kappa shape index (κ3) is 5.81. The maximum absolute atomic E-state index is 6.22. The molecule has 197 valence electrons. The van der Waals surface area contributed by atoms with Crippen molar-refractivity contribution in [3.63, 3.8) is 0 Å². The minimum atomic E-state index is -1.46. The molecule has 1 radical (unpaired) electrons. The van der Waals surface area contributed by atoms with Gasteiger partial charge in [0.2, 0.25) is 0 Å². The molecule has 3 aromatic heterocycles. The molecule has 6 aromatic rings. The fourth-order valence-corrected chi connectivity index (χ4v) is 6.54. The number of fused-ring (bicyclic) bond motifs is 3. The molecule has 0 spiro atoms. The van der Waals surface area contributed by atoms with Crippen LogP contribution in [0.15, 0.2) is 102 Å². The summed E-state index contributed by atoms with van der Waals surface area (Å²) in [6.07, 6.45) is 6.38. The molecule has 0 atom stereocenters. The molecular formula is C34H30IrN2OSi-2. The monoisotopic (exact) mass is 703 g/mol. The first-order valence-electron chi connectivity index (χ1n) is 13.2. The van der Waals surface area contributed by atoms with E-state index in [1.54, 1.807) is 6.20 Å². The van der Waals surface area contributed by atoms with Gasteiger partial charge in [0.15, 0.2) is 0 Å². The van der Waals surface area contributed by atoms with Gasteiger partial charge >= 0.3 is 0 Å². The summed E-state index contributed by atoms with van der Waals surface area (Å²) in [6.45, 7) is 7.11. The minimum Gasteiger partial charge on any atom is -0.501 e. The first-order chi connectivity index (χ1) is 18.5. The van der Waals surface area contributed by atoms with Gasteiger partial charge in [0.1, 0.15) is 5.58 Å². The Labute approximate surface area is 244 Å². The predicted octanol–water partition coefficient (Wildman–Crippen LogP) is 8.42. The van der Waals surface area contributed by atoms with Crippen LogP contribution in [0.4, 0.5) is 0 Å². The van der Waals surface area contributed by atoms with Gasteiger partial charge in [-0.1, -0.05) is 71.7 Å². The molecule has 3 aromatic carbocycles. The van der Waals surface area contributed by atoms with E-state index in [1.807, 2.05) is 48.7 Å². The summed E-state index contributed by atoms with van der Waals surface area (Å²) in [7, 11) is -1.46. The molecule has 1 fully saturated rings. The van der Waals surface area contributed by atoms with Crippen LogP contribution >= 0.6 is 0 Å². The number of hydrogen-bond donors (Lipinski definition) is 0. The van der Waals surface area contributed by atoms with Gasteiger partial charge in [0.25, 0.3) is 0 Å². The van der Waals surface area contributed by atoms with E-state index < -0.39 is 8.07 Å². The summed E-state index contributed by atoms with van der Waals surface area (Å²) in [5, 5.41) is 3.86. The molecule has 0 N–H and O–H groups in total. The van der Waals surface area contributed by atoms with E-state index in [0.717, 1.165) is 45.0 Å². The summed E-state index contributed by atoms with van der Waals surface area (Å²) < 4.78 is 6.22. The van der Waals surface area contributed by atoms with E-state index in [4.69, 9.17) is 4.42 Å². The summed E-state index contributed by atoms with van der Waals surface area (Å²) >= 11 is 0. The number of nitrogens with zero attached hydrogens (tertiary/aromatic N) is 2.